The number of benzene rings is 1. The van der Waals surface area contributed by atoms with Gasteiger partial charge in [-0.2, -0.15) is 13.2 Å². The molecule has 0 N–H and O–H groups in total. The van der Waals surface area contributed by atoms with Crippen LogP contribution >= 0.6 is 0 Å². The van der Waals surface area contributed by atoms with E-state index in [4.69, 9.17) is 0 Å². The maximum atomic E-state index is 13.5. The highest BCUT2D eigenvalue weighted by atomic mass is 19.4. The summed E-state index contributed by atoms with van der Waals surface area (Å²) in [5, 5.41) is 19.0. The van der Waals surface area contributed by atoms with Crippen molar-refractivity contribution >= 4 is 11.4 Å². The third kappa shape index (κ3) is 3.88. The Morgan fingerprint density at radius 1 is 1.33 bits per heavy atom. The largest absolute Gasteiger partial charge is 0.418 e. The molecule has 0 saturated carbocycles. The van der Waals surface area contributed by atoms with Crippen molar-refractivity contribution in [3.8, 4) is 0 Å². The van der Waals surface area contributed by atoms with Gasteiger partial charge in [-0.15, -0.1) is 10.2 Å². The minimum Gasteiger partial charge on any atom is -0.370 e. The van der Waals surface area contributed by atoms with E-state index < -0.39 is 22.4 Å². The van der Waals surface area contributed by atoms with E-state index in [0.29, 0.717) is 25.6 Å². The molecule has 7 nitrogen and oxygen atoms in total. The molecule has 2 heterocycles. The van der Waals surface area contributed by atoms with Crippen LogP contribution < -0.4 is 4.90 Å². The molecule has 1 saturated heterocycles. The third-order valence-electron chi connectivity index (χ3n) is 4.78. The maximum Gasteiger partial charge on any atom is 0.418 e. The second-order valence-corrected chi connectivity index (χ2v) is 6.93. The standard InChI is InChI=1S/C17H20F3N5O2/c1-11(2)24-10-21-22-16(24)12-4-3-7-23(9-12)15-6-5-13(25(26)27)8-14(15)17(18,19)20/h5-6,8,10-12H,3-4,7,9H2,1-2H3. The number of alkyl halides is 3. The Bertz CT molecular complexity index is 834. The molecule has 1 aromatic carbocycles. The van der Waals surface area contributed by atoms with Gasteiger partial charge in [0.15, 0.2) is 0 Å². The smallest absolute Gasteiger partial charge is 0.370 e. The number of hydrogen-bond donors (Lipinski definition) is 0. The van der Waals surface area contributed by atoms with Crippen molar-refractivity contribution in [2.24, 2.45) is 0 Å². The van der Waals surface area contributed by atoms with Crippen LogP contribution in [0.25, 0.3) is 0 Å². The quantitative estimate of drug-likeness (QED) is 0.585. The molecule has 1 aliphatic heterocycles. The fourth-order valence-electron chi connectivity index (χ4n) is 3.49. The van der Waals surface area contributed by atoms with Gasteiger partial charge >= 0.3 is 6.18 Å². The molecule has 0 aliphatic carbocycles. The number of nitro groups is 1. The van der Waals surface area contributed by atoms with E-state index in [-0.39, 0.29) is 17.6 Å². The number of piperidine rings is 1. The highest BCUT2D eigenvalue weighted by Crippen LogP contribution is 2.40. The fourth-order valence-corrected chi connectivity index (χ4v) is 3.49. The van der Waals surface area contributed by atoms with Crippen molar-refractivity contribution in [2.75, 3.05) is 18.0 Å². The normalized spacial score (nSPS) is 18.1. The fraction of sp³-hybridized carbons (Fsp3) is 0.529. The average molecular weight is 383 g/mol. The van der Waals surface area contributed by atoms with Gasteiger partial charge in [0.2, 0.25) is 0 Å². The van der Waals surface area contributed by atoms with Crippen molar-refractivity contribution < 1.29 is 18.1 Å². The molecule has 0 radical (unpaired) electrons. The number of rotatable bonds is 4. The number of nitro benzene ring substituents is 1. The first kappa shape index (κ1) is 19.1. The number of aromatic nitrogens is 3. The van der Waals surface area contributed by atoms with E-state index in [9.17, 15) is 23.3 Å². The minimum absolute atomic E-state index is 0.0339. The summed E-state index contributed by atoms with van der Waals surface area (Å²) in [5.41, 5.74) is -1.59. The summed E-state index contributed by atoms with van der Waals surface area (Å²) in [6.45, 7) is 4.79. The Morgan fingerprint density at radius 3 is 2.70 bits per heavy atom. The van der Waals surface area contributed by atoms with E-state index in [2.05, 4.69) is 10.2 Å². The van der Waals surface area contributed by atoms with Crippen molar-refractivity contribution in [2.45, 2.75) is 44.8 Å². The van der Waals surface area contributed by atoms with Crippen LogP contribution in [0.3, 0.4) is 0 Å². The van der Waals surface area contributed by atoms with E-state index in [1.54, 1.807) is 11.2 Å². The van der Waals surface area contributed by atoms with E-state index in [1.165, 1.54) is 6.07 Å². The number of hydrogen-bond acceptors (Lipinski definition) is 5. The van der Waals surface area contributed by atoms with Gasteiger partial charge in [0, 0.05) is 42.9 Å². The lowest BCUT2D eigenvalue weighted by molar-refractivity contribution is -0.385. The minimum atomic E-state index is -4.67. The van der Waals surface area contributed by atoms with Gasteiger partial charge in [-0.3, -0.25) is 10.1 Å². The van der Waals surface area contributed by atoms with Crippen LogP contribution in [-0.2, 0) is 6.18 Å². The Hall–Kier alpha value is -2.65. The number of halogens is 3. The van der Waals surface area contributed by atoms with Crippen LogP contribution in [0.15, 0.2) is 24.5 Å². The lowest BCUT2D eigenvalue weighted by Crippen LogP contribution is -2.36. The first-order valence-corrected chi connectivity index (χ1v) is 8.68. The van der Waals surface area contributed by atoms with E-state index in [0.717, 1.165) is 18.3 Å². The molecule has 0 spiro atoms. The number of anilines is 1. The van der Waals surface area contributed by atoms with Crippen molar-refractivity contribution in [3.63, 3.8) is 0 Å². The van der Waals surface area contributed by atoms with Crippen molar-refractivity contribution in [1.82, 2.24) is 14.8 Å². The first-order chi connectivity index (χ1) is 12.7. The van der Waals surface area contributed by atoms with Gasteiger partial charge < -0.3 is 9.47 Å². The maximum absolute atomic E-state index is 13.5. The summed E-state index contributed by atoms with van der Waals surface area (Å²) in [5.74, 6) is 0.699. The van der Waals surface area contributed by atoms with Crippen LogP contribution in [0.1, 0.15) is 50.0 Å². The summed E-state index contributed by atoms with van der Waals surface area (Å²) in [7, 11) is 0. The zero-order valence-electron chi connectivity index (χ0n) is 15.0. The highest BCUT2D eigenvalue weighted by molar-refractivity contribution is 5.59. The molecule has 2 aromatic rings. The predicted molar refractivity (Wildman–Crippen MR) is 92.7 cm³/mol. The molecule has 1 aromatic heterocycles. The SMILES string of the molecule is CC(C)n1cnnc1C1CCCN(c2ccc([N+](=O)[O-])cc2C(F)(F)F)C1. The molecular weight excluding hydrogens is 363 g/mol. The zero-order chi connectivity index (χ0) is 19.8. The van der Waals surface area contributed by atoms with Crippen LogP contribution in [-0.4, -0.2) is 32.8 Å². The van der Waals surface area contributed by atoms with Crippen LogP contribution in [0.2, 0.25) is 0 Å². The Kier molecular flexibility index (Phi) is 5.07. The third-order valence-corrected chi connectivity index (χ3v) is 4.78. The molecule has 0 bridgehead atoms. The van der Waals surface area contributed by atoms with Gasteiger partial charge in [-0.1, -0.05) is 0 Å². The molecule has 27 heavy (non-hydrogen) atoms. The summed E-state index contributed by atoms with van der Waals surface area (Å²) in [6.07, 6.45) is -1.54. The van der Waals surface area contributed by atoms with Crippen LogP contribution in [0.4, 0.5) is 24.5 Å². The molecule has 3 rings (SSSR count). The summed E-state index contributed by atoms with van der Waals surface area (Å²) < 4.78 is 42.5. The molecule has 146 valence electrons. The first-order valence-electron chi connectivity index (χ1n) is 8.68. The summed E-state index contributed by atoms with van der Waals surface area (Å²) in [4.78, 5) is 11.7. The zero-order valence-corrected chi connectivity index (χ0v) is 15.0. The van der Waals surface area contributed by atoms with Gasteiger partial charge in [-0.05, 0) is 32.8 Å². The second kappa shape index (κ2) is 7.16. The average Bonchev–Trinajstić information content (AvgIpc) is 3.10. The molecular formula is C17H20F3N5O2. The Morgan fingerprint density at radius 2 is 2.07 bits per heavy atom. The molecule has 1 fully saturated rings. The Labute approximate surface area is 154 Å². The molecule has 1 unspecified atom stereocenters. The number of non-ortho nitro benzene ring substituents is 1. The molecule has 0 amide bonds. The van der Waals surface area contributed by atoms with Crippen LogP contribution in [0, 0.1) is 10.1 Å². The van der Waals surface area contributed by atoms with Gasteiger partial charge in [0.25, 0.3) is 5.69 Å². The molecule has 1 atom stereocenters. The highest BCUT2D eigenvalue weighted by Gasteiger charge is 2.38. The second-order valence-electron chi connectivity index (χ2n) is 6.93. The lowest BCUT2D eigenvalue weighted by Gasteiger charge is -2.35. The number of nitrogens with zero attached hydrogens (tertiary/aromatic N) is 5. The van der Waals surface area contributed by atoms with Crippen LogP contribution in [0.5, 0.6) is 0 Å². The van der Waals surface area contributed by atoms with E-state index >= 15 is 0 Å². The monoisotopic (exact) mass is 383 g/mol. The van der Waals surface area contributed by atoms with Crippen molar-refractivity contribution in [1.29, 1.82) is 0 Å². The van der Waals surface area contributed by atoms with Gasteiger partial charge in [-0.25, -0.2) is 0 Å². The van der Waals surface area contributed by atoms with E-state index in [1.807, 2.05) is 18.4 Å². The lowest BCUT2D eigenvalue weighted by atomic mass is 9.95. The topological polar surface area (TPSA) is 77.1 Å². The van der Waals surface area contributed by atoms with Gasteiger partial charge in [0.1, 0.15) is 12.2 Å². The summed E-state index contributed by atoms with van der Waals surface area (Å²) >= 11 is 0. The molecule has 10 heteroatoms. The Balaban J connectivity index is 1.94. The van der Waals surface area contributed by atoms with Crippen molar-refractivity contribution in [3.05, 3.63) is 46.0 Å². The predicted octanol–water partition coefficient (Wildman–Crippen LogP) is 4.17. The summed E-state index contributed by atoms with van der Waals surface area (Å²) in [6, 6.07) is 3.06. The molecule has 1 aliphatic rings. The van der Waals surface area contributed by atoms with Gasteiger partial charge in [0.05, 0.1) is 10.5 Å².